The quantitative estimate of drug-likeness (QED) is 0.822. The van der Waals surface area contributed by atoms with Crippen molar-refractivity contribution in [2.24, 2.45) is 0 Å². The van der Waals surface area contributed by atoms with Crippen LogP contribution >= 0.6 is 0 Å². The van der Waals surface area contributed by atoms with Gasteiger partial charge in [-0.1, -0.05) is 44.9 Å². The number of aryl methyl sites for hydroxylation is 2. The summed E-state index contributed by atoms with van der Waals surface area (Å²) in [4.78, 5) is 0. The summed E-state index contributed by atoms with van der Waals surface area (Å²) in [5, 5.41) is 10.7. The van der Waals surface area contributed by atoms with Crippen LogP contribution in [0.5, 0.6) is 0 Å². The van der Waals surface area contributed by atoms with E-state index >= 15 is 0 Å². The van der Waals surface area contributed by atoms with Gasteiger partial charge in [0.1, 0.15) is 0 Å². The zero-order chi connectivity index (χ0) is 11.6. The minimum absolute atomic E-state index is 0.531. The molecule has 0 heterocycles. The molecular formula is C15H22O. The molecule has 1 aromatic rings. The zero-order valence-corrected chi connectivity index (χ0v) is 10.4. The third-order valence-electron chi connectivity index (χ3n) is 3.90. The second-order valence-electron chi connectivity index (χ2n) is 4.94. The van der Waals surface area contributed by atoms with Gasteiger partial charge in [-0.15, -0.1) is 0 Å². The van der Waals surface area contributed by atoms with E-state index < -0.39 is 5.60 Å². The van der Waals surface area contributed by atoms with Gasteiger partial charge >= 0.3 is 0 Å². The summed E-state index contributed by atoms with van der Waals surface area (Å²) >= 11 is 0. The van der Waals surface area contributed by atoms with Crippen LogP contribution in [0.2, 0.25) is 0 Å². The highest BCUT2D eigenvalue weighted by atomic mass is 16.3. The number of rotatable bonds is 3. The molecule has 0 unspecified atom stereocenters. The largest absolute Gasteiger partial charge is 0.385 e. The molecule has 0 atom stereocenters. The maximum atomic E-state index is 10.7. The molecule has 1 aromatic carbocycles. The highest BCUT2D eigenvalue weighted by Gasteiger charge is 2.34. The van der Waals surface area contributed by atoms with Crippen LogP contribution in [-0.4, -0.2) is 5.11 Å². The maximum Gasteiger partial charge on any atom is 0.0899 e. The zero-order valence-electron chi connectivity index (χ0n) is 10.4. The Hall–Kier alpha value is -0.820. The van der Waals surface area contributed by atoms with Crippen LogP contribution in [0.4, 0.5) is 0 Å². The number of aliphatic hydroxyl groups is 1. The molecule has 2 rings (SSSR count). The minimum Gasteiger partial charge on any atom is -0.385 e. The molecule has 16 heavy (non-hydrogen) atoms. The van der Waals surface area contributed by atoms with Crippen molar-refractivity contribution in [2.45, 2.75) is 58.0 Å². The first kappa shape index (κ1) is 11.7. The molecule has 88 valence electrons. The number of hydrogen-bond donors (Lipinski definition) is 1. The molecule has 1 nitrogen and oxygen atoms in total. The van der Waals surface area contributed by atoms with E-state index in [1.54, 1.807) is 0 Å². The summed E-state index contributed by atoms with van der Waals surface area (Å²) in [5.74, 6) is 0. The summed E-state index contributed by atoms with van der Waals surface area (Å²) in [6, 6.07) is 6.62. The first-order valence-corrected chi connectivity index (χ1v) is 6.54. The summed E-state index contributed by atoms with van der Waals surface area (Å²) < 4.78 is 0. The lowest BCUT2D eigenvalue weighted by atomic mass is 9.86. The van der Waals surface area contributed by atoms with Crippen LogP contribution in [0.25, 0.3) is 0 Å². The summed E-state index contributed by atoms with van der Waals surface area (Å²) in [5.41, 5.74) is 3.33. The Balaban J connectivity index is 2.43. The lowest BCUT2D eigenvalue weighted by Crippen LogP contribution is -2.23. The Bertz CT molecular complexity index is 362. The van der Waals surface area contributed by atoms with Crippen molar-refractivity contribution in [1.29, 1.82) is 0 Å². The smallest absolute Gasteiger partial charge is 0.0899 e. The fraction of sp³-hybridized carbons (Fsp3) is 0.600. The molecule has 1 heteroatoms. The van der Waals surface area contributed by atoms with E-state index in [0.29, 0.717) is 0 Å². The first-order chi connectivity index (χ1) is 7.69. The van der Waals surface area contributed by atoms with Crippen LogP contribution in [0.15, 0.2) is 18.2 Å². The third-order valence-corrected chi connectivity index (χ3v) is 3.90. The fourth-order valence-electron chi connectivity index (χ4n) is 2.81. The van der Waals surface area contributed by atoms with Crippen molar-refractivity contribution in [3.8, 4) is 0 Å². The predicted molar refractivity (Wildman–Crippen MR) is 67.6 cm³/mol. The molecule has 1 saturated carbocycles. The lowest BCUT2D eigenvalue weighted by molar-refractivity contribution is 0.0435. The fourth-order valence-corrected chi connectivity index (χ4v) is 2.81. The van der Waals surface area contributed by atoms with Gasteiger partial charge < -0.3 is 5.11 Å². The van der Waals surface area contributed by atoms with Crippen molar-refractivity contribution in [2.75, 3.05) is 0 Å². The minimum atomic E-state index is -0.531. The van der Waals surface area contributed by atoms with Gasteiger partial charge in [-0.05, 0) is 42.4 Å². The average Bonchev–Trinajstić information content (AvgIpc) is 2.76. The topological polar surface area (TPSA) is 20.2 Å². The summed E-state index contributed by atoms with van der Waals surface area (Å²) in [6.45, 7) is 4.34. The van der Waals surface area contributed by atoms with E-state index in [2.05, 4.69) is 32.0 Å². The van der Waals surface area contributed by atoms with Gasteiger partial charge in [0.2, 0.25) is 0 Å². The standard InChI is InChI=1S/C15H22O/c1-3-12-7-8-13(4-2)14(11-12)15(16)9-5-6-10-15/h7-8,11,16H,3-6,9-10H2,1-2H3. The normalized spacial score (nSPS) is 18.9. The van der Waals surface area contributed by atoms with Gasteiger partial charge in [-0.3, -0.25) is 0 Å². The first-order valence-electron chi connectivity index (χ1n) is 6.54. The maximum absolute atomic E-state index is 10.7. The van der Waals surface area contributed by atoms with Crippen molar-refractivity contribution < 1.29 is 5.11 Å². The molecule has 0 radical (unpaired) electrons. The van der Waals surface area contributed by atoms with Crippen molar-refractivity contribution in [1.82, 2.24) is 0 Å². The monoisotopic (exact) mass is 218 g/mol. The van der Waals surface area contributed by atoms with Gasteiger partial charge in [0.05, 0.1) is 5.60 Å². The molecule has 1 fully saturated rings. The van der Waals surface area contributed by atoms with Gasteiger partial charge in [0, 0.05) is 0 Å². The lowest BCUT2D eigenvalue weighted by Gasteiger charge is -2.26. The van der Waals surface area contributed by atoms with Crippen LogP contribution < -0.4 is 0 Å². The molecule has 1 aliphatic rings. The van der Waals surface area contributed by atoms with Crippen LogP contribution in [-0.2, 0) is 18.4 Å². The van der Waals surface area contributed by atoms with Crippen LogP contribution in [0.1, 0.15) is 56.2 Å². The summed E-state index contributed by atoms with van der Waals surface area (Å²) in [6.07, 6.45) is 6.26. The van der Waals surface area contributed by atoms with Crippen molar-refractivity contribution >= 4 is 0 Å². The van der Waals surface area contributed by atoms with E-state index in [-0.39, 0.29) is 0 Å². The van der Waals surface area contributed by atoms with Crippen LogP contribution in [0, 0.1) is 0 Å². The molecule has 0 amide bonds. The van der Waals surface area contributed by atoms with E-state index in [4.69, 9.17) is 0 Å². The Morgan fingerprint density at radius 2 is 1.81 bits per heavy atom. The Morgan fingerprint density at radius 3 is 2.38 bits per heavy atom. The highest BCUT2D eigenvalue weighted by molar-refractivity contribution is 5.37. The van der Waals surface area contributed by atoms with Gasteiger partial charge in [-0.2, -0.15) is 0 Å². The molecule has 0 aliphatic heterocycles. The predicted octanol–water partition coefficient (Wildman–Crippen LogP) is 3.57. The molecule has 0 spiro atoms. The Morgan fingerprint density at radius 1 is 1.12 bits per heavy atom. The molecule has 0 aromatic heterocycles. The number of hydrogen-bond acceptors (Lipinski definition) is 1. The Labute approximate surface area is 98.5 Å². The second-order valence-corrected chi connectivity index (χ2v) is 4.94. The molecule has 1 N–H and O–H groups in total. The molecule has 0 saturated heterocycles. The molecule has 0 bridgehead atoms. The van der Waals surface area contributed by atoms with Gasteiger partial charge in [0.15, 0.2) is 0 Å². The van der Waals surface area contributed by atoms with E-state index in [0.717, 1.165) is 38.5 Å². The van der Waals surface area contributed by atoms with E-state index in [9.17, 15) is 5.11 Å². The highest BCUT2D eigenvalue weighted by Crippen LogP contribution is 2.40. The molecule has 1 aliphatic carbocycles. The summed E-state index contributed by atoms with van der Waals surface area (Å²) in [7, 11) is 0. The SMILES string of the molecule is CCc1ccc(CC)c(C2(O)CCCC2)c1. The van der Waals surface area contributed by atoms with E-state index in [1.165, 1.54) is 16.7 Å². The van der Waals surface area contributed by atoms with Crippen LogP contribution in [0.3, 0.4) is 0 Å². The van der Waals surface area contributed by atoms with Gasteiger partial charge in [0.25, 0.3) is 0 Å². The average molecular weight is 218 g/mol. The van der Waals surface area contributed by atoms with Gasteiger partial charge in [-0.25, -0.2) is 0 Å². The van der Waals surface area contributed by atoms with Crippen molar-refractivity contribution in [3.05, 3.63) is 34.9 Å². The Kier molecular flexibility index (Phi) is 3.34. The third kappa shape index (κ3) is 2.01. The number of benzene rings is 1. The van der Waals surface area contributed by atoms with Crippen molar-refractivity contribution in [3.63, 3.8) is 0 Å². The molecular weight excluding hydrogens is 196 g/mol. The second kappa shape index (κ2) is 4.58. The van der Waals surface area contributed by atoms with E-state index in [1.807, 2.05) is 0 Å².